The molecule has 32 heavy (non-hydrogen) atoms. The van der Waals surface area contributed by atoms with Crippen LogP contribution in [-0.2, 0) is 14.6 Å². The highest BCUT2D eigenvalue weighted by atomic mass is 35.5. The van der Waals surface area contributed by atoms with Gasteiger partial charge >= 0.3 is 5.76 Å². The zero-order chi connectivity index (χ0) is 22.2. The summed E-state index contributed by atoms with van der Waals surface area (Å²) < 4.78 is 37.0. The molecule has 0 spiro atoms. The molecule has 1 aliphatic carbocycles. The number of piperidine rings is 1. The number of rotatable bonds is 6. The molecule has 9 heteroatoms. The molecule has 0 N–H and O–H groups in total. The maximum atomic E-state index is 12.6. The van der Waals surface area contributed by atoms with Gasteiger partial charge in [-0.2, -0.15) is 0 Å². The van der Waals surface area contributed by atoms with E-state index in [4.69, 9.17) is 9.15 Å². The lowest BCUT2D eigenvalue weighted by atomic mass is 9.79. The maximum Gasteiger partial charge on any atom is 0.420 e. The Labute approximate surface area is 196 Å². The Balaban J connectivity index is 0.00000289. The number of sulfone groups is 1. The number of ether oxygens (including phenoxy) is 1. The second-order valence-corrected chi connectivity index (χ2v) is 11.4. The van der Waals surface area contributed by atoms with E-state index in [-0.39, 0.29) is 28.9 Å². The van der Waals surface area contributed by atoms with Crippen LogP contribution in [0.3, 0.4) is 0 Å². The molecule has 4 rings (SSSR count). The number of aromatic nitrogens is 1. The van der Waals surface area contributed by atoms with Crippen LogP contribution in [0.1, 0.15) is 64.8 Å². The molecule has 1 saturated carbocycles. The van der Waals surface area contributed by atoms with Gasteiger partial charge in [0.1, 0.15) is 0 Å². The minimum absolute atomic E-state index is 0. The smallest absolute Gasteiger partial charge is 0.408 e. The first kappa shape index (κ1) is 25.3. The molecule has 2 aromatic rings. The Morgan fingerprint density at radius 2 is 1.81 bits per heavy atom. The van der Waals surface area contributed by atoms with Crippen LogP contribution in [0.25, 0.3) is 11.1 Å². The molecular formula is C23H35ClN2O5S. The van der Waals surface area contributed by atoms with Gasteiger partial charge in [0.15, 0.2) is 15.4 Å². The molecule has 1 aliphatic heterocycles. The number of hydrogen-bond acceptors (Lipinski definition) is 6. The second-order valence-electron chi connectivity index (χ2n) is 9.42. The van der Waals surface area contributed by atoms with Crippen molar-refractivity contribution in [3.8, 4) is 0 Å². The van der Waals surface area contributed by atoms with Crippen molar-refractivity contribution >= 4 is 33.3 Å². The van der Waals surface area contributed by atoms with E-state index in [9.17, 15) is 13.2 Å². The van der Waals surface area contributed by atoms with Crippen LogP contribution in [0.2, 0.25) is 0 Å². The highest BCUT2D eigenvalue weighted by Gasteiger charge is 2.38. The third-order valence-electron chi connectivity index (χ3n) is 7.17. The van der Waals surface area contributed by atoms with Crippen LogP contribution in [-0.4, -0.2) is 55.5 Å². The van der Waals surface area contributed by atoms with Gasteiger partial charge in [0.2, 0.25) is 0 Å². The standard InChI is InChI=1S/C23H34N2O5S.ClH/c1-4-15-29-18-7-11-23(2,12-8-18)24-13-9-17(10-14-24)25-20-16-19(31(3,27)28)5-6-21(20)30-22(25)26;/h5-6,16-18H,4,7-15H2,1-3H3;1H/t18-,23-;. The molecule has 0 amide bonds. The third-order valence-corrected chi connectivity index (χ3v) is 8.28. The van der Waals surface area contributed by atoms with E-state index >= 15 is 0 Å². The Morgan fingerprint density at radius 1 is 1.16 bits per heavy atom. The number of fused-ring (bicyclic) bond motifs is 1. The summed E-state index contributed by atoms with van der Waals surface area (Å²) in [6, 6.07) is 4.67. The third kappa shape index (κ3) is 5.08. The molecular weight excluding hydrogens is 452 g/mol. The molecule has 0 radical (unpaired) electrons. The SMILES string of the molecule is CCCO[C@H]1CC[C@](C)(N2CCC(n3c(=O)oc4ccc(S(C)(=O)=O)cc43)CC2)CC1.Cl. The average Bonchev–Trinajstić information content (AvgIpc) is 3.08. The predicted molar refractivity (Wildman–Crippen MR) is 128 cm³/mol. The summed E-state index contributed by atoms with van der Waals surface area (Å²) in [7, 11) is -3.35. The van der Waals surface area contributed by atoms with Gasteiger partial charge in [0, 0.05) is 37.5 Å². The van der Waals surface area contributed by atoms with Gasteiger partial charge in [-0.1, -0.05) is 6.92 Å². The first-order chi connectivity index (χ1) is 14.7. The van der Waals surface area contributed by atoms with Gasteiger partial charge in [-0.15, -0.1) is 12.4 Å². The van der Waals surface area contributed by atoms with Crippen molar-refractivity contribution in [3.63, 3.8) is 0 Å². The second kappa shape index (κ2) is 9.87. The van der Waals surface area contributed by atoms with Crippen LogP contribution in [0.15, 0.2) is 32.3 Å². The van der Waals surface area contributed by atoms with Gasteiger partial charge in [-0.05, 0) is 70.1 Å². The molecule has 1 aromatic heterocycles. The summed E-state index contributed by atoms with van der Waals surface area (Å²) in [4.78, 5) is 15.4. The average molecular weight is 487 g/mol. The zero-order valence-electron chi connectivity index (χ0n) is 19.2. The molecule has 2 heterocycles. The Hall–Kier alpha value is -1.35. The fourth-order valence-corrected chi connectivity index (χ4v) is 5.88. The molecule has 2 fully saturated rings. The van der Waals surface area contributed by atoms with Crippen molar-refractivity contribution < 1.29 is 17.6 Å². The monoisotopic (exact) mass is 486 g/mol. The lowest BCUT2D eigenvalue weighted by Gasteiger charge is -2.48. The van der Waals surface area contributed by atoms with E-state index in [1.165, 1.54) is 12.3 Å². The predicted octanol–water partition coefficient (Wildman–Crippen LogP) is 4.18. The topological polar surface area (TPSA) is 81.8 Å². The minimum atomic E-state index is -3.35. The van der Waals surface area contributed by atoms with Crippen LogP contribution < -0.4 is 5.76 Å². The lowest BCUT2D eigenvalue weighted by Crippen LogP contribution is -2.53. The number of likely N-dealkylation sites (tertiary alicyclic amines) is 1. The molecule has 0 atom stereocenters. The van der Waals surface area contributed by atoms with Gasteiger partial charge in [-0.25, -0.2) is 13.2 Å². The first-order valence-corrected chi connectivity index (χ1v) is 13.3. The highest BCUT2D eigenvalue weighted by Crippen LogP contribution is 2.38. The van der Waals surface area contributed by atoms with E-state index in [0.717, 1.165) is 64.6 Å². The van der Waals surface area contributed by atoms with Crippen molar-refractivity contribution in [2.24, 2.45) is 0 Å². The van der Waals surface area contributed by atoms with Crippen molar-refractivity contribution in [1.82, 2.24) is 9.47 Å². The minimum Gasteiger partial charge on any atom is -0.408 e. The molecule has 180 valence electrons. The van der Waals surface area contributed by atoms with Gasteiger partial charge in [0.05, 0.1) is 16.5 Å². The van der Waals surface area contributed by atoms with Gasteiger partial charge < -0.3 is 9.15 Å². The molecule has 1 saturated heterocycles. The van der Waals surface area contributed by atoms with E-state index in [1.807, 2.05) is 0 Å². The molecule has 7 nitrogen and oxygen atoms in total. The maximum absolute atomic E-state index is 12.6. The van der Waals surface area contributed by atoms with Crippen molar-refractivity contribution in [1.29, 1.82) is 0 Å². The van der Waals surface area contributed by atoms with Crippen LogP contribution in [0, 0.1) is 0 Å². The molecule has 0 unspecified atom stereocenters. The first-order valence-electron chi connectivity index (χ1n) is 11.4. The summed E-state index contributed by atoms with van der Waals surface area (Å²) in [5, 5.41) is 0. The summed E-state index contributed by atoms with van der Waals surface area (Å²) in [6.45, 7) is 7.20. The normalized spacial score (nSPS) is 25.7. The fourth-order valence-electron chi connectivity index (χ4n) is 5.23. The van der Waals surface area contributed by atoms with E-state index < -0.39 is 15.6 Å². The molecule has 1 aromatic carbocycles. The summed E-state index contributed by atoms with van der Waals surface area (Å²) >= 11 is 0. The Morgan fingerprint density at radius 3 is 2.41 bits per heavy atom. The Bertz CT molecular complexity index is 1080. The number of benzene rings is 1. The fraction of sp³-hybridized carbons (Fsp3) is 0.696. The van der Waals surface area contributed by atoms with E-state index in [0.29, 0.717) is 17.2 Å². The number of nitrogens with zero attached hydrogens (tertiary/aromatic N) is 2. The number of halogens is 1. The molecule has 2 aliphatic rings. The summed E-state index contributed by atoms with van der Waals surface area (Å²) in [5.74, 6) is -0.404. The van der Waals surface area contributed by atoms with Crippen LogP contribution in [0.5, 0.6) is 0 Å². The summed E-state index contributed by atoms with van der Waals surface area (Å²) in [6.07, 6.45) is 8.83. The number of hydrogen-bond donors (Lipinski definition) is 0. The van der Waals surface area contributed by atoms with Gasteiger partial charge in [0.25, 0.3) is 0 Å². The lowest BCUT2D eigenvalue weighted by molar-refractivity contribution is -0.0306. The quantitative estimate of drug-likeness (QED) is 0.609. The largest absolute Gasteiger partial charge is 0.420 e. The molecule has 0 bridgehead atoms. The van der Waals surface area contributed by atoms with E-state index in [2.05, 4.69) is 18.7 Å². The van der Waals surface area contributed by atoms with Crippen molar-refractivity contribution in [2.75, 3.05) is 26.0 Å². The Kier molecular flexibility index (Phi) is 7.80. The van der Waals surface area contributed by atoms with Crippen molar-refractivity contribution in [3.05, 3.63) is 28.7 Å². The number of oxazole rings is 1. The van der Waals surface area contributed by atoms with Crippen LogP contribution >= 0.6 is 12.4 Å². The van der Waals surface area contributed by atoms with Crippen LogP contribution in [0.4, 0.5) is 0 Å². The van der Waals surface area contributed by atoms with Crippen molar-refractivity contribution in [2.45, 2.75) is 81.4 Å². The summed E-state index contributed by atoms with van der Waals surface area (Å²) in [5.41, 5.74) is 1.20. The van der Waals surface area contributed by atoms with E-state index in [1.54, 1.807) is 16.7 Å². The highest BCUT2D eigenvalue weighted by molar-refractivity contribution is 7.90. The zero-order valence-corrected chi connectivity index (χ0v) is 20.8. The van der Waals surface area contributed by atoms with Gasteiger partial charge in [-0.3, -0.25) is 9.47 Å².